The first-order valence-corrected chi connectivity index (χ1v) is 6.74. The Kier molecular flexibility index (Phi) is 4.29. The molecule has 0 atom stereocenters. The molecule has 94 valence electrons. The highest BCUT2D eigenvalue weighted by Crippen LogP contribution is 2.37. The van der Waals surface area contributed by atoms with Crippen molar-refractivity contribution >= 4 is 17.7 Å². The summed E-state index contributed by atoms with van der Waals surface area (Å²) in [7, 11) is 0. The van der Waals surface area contributed by atoms with Crippen LogP contribution in [-0.4, -0.2) is 46.5 Å². The standard InChI is InChI=1S/C12H24N2OS/c1-11(2,3)16-12(4,5)10(15)14-8-6-13-7-9-14/h13H,6-9H2,1-5H3. The van der Waals surface area contributed by atoms with E-state index in [9.17, 15) is 4.79 Å². The van der Waals surface area contributed by atoms with Crippen LogP contribution in [0, 0.1) is 0 Å². The number of piperazine rings is 1. The normalized spacial score (nSPS) is 18.7. The van der Waals surface area contributed by atoms with Crippen LogP contribution in [0.25, 0.3) is 0 Å². The zero-order valence-electron chi connectivity index (χ0n) is 11.1. The van der Waals surface area contributed by atoms with Gasteiger partial charge in [-0.2, -0.15) is 0 Å². The van der Waals surface area contributed by atoms with E-state index < -0.39 is 0 Å². The van der Waals surface area contributed by atoms with Crippen LogP contribution in [0.1, 0.15) is 34.6 Å². The lowest BCUT2D eigenvalue weighted by Crippen LogP contribution is -2.52. The topological polar surface area (TPSA) is 32.3 Å². The fourth-order valence-corrected chi connectivity index (χ4v) is 3.81. The molecule has 0 aromatic carbocycles. The fourth-order valence-electron chi connectivity index (χ4n) is 2.06. The van der Waals surface area contributed by atoms with Crippen molar-refractivity contribution in [2.45, 2.75) is 44.1 Å². The smallest absolute Gasteiger partial charge is 0.238 e. The summed E-state index contributed by atoms with van der Waals surface area (Å²) in [5.41, 5.74) is 0. The maximum atomic E-state index is 12.4. The minimum Gasteiger partial charge on any atom is -0.339 e. The summed E-state index contributed by atoms with van der Waals surface area (Å²) in [6.07, 6.45) is 0. The van der Waals surface area contributed by atoms with E-state index in [1.165, 1.54) is 0 Å². The van der Waals surface area contributed by atoms with Gasteiger partial charge < -0.3 is 10.2 Å². The third-order valence-corrected chi connectivity index (χ3v) is 3.78. The minimum atomic E-state index is -0.324. The first-order chi connectivity index (χ1) is 7.22. The number of nitrogens with zero attached hydrogens (tertiary/aromatic N) is 1. The third kappa shape index (κ3) is 3.98. The molecule has 0 radical (unpaired) electrons. The molecule has 0 spiro atoms. The van der Waals surface area contributed by atoms with Gasteiger partial charge in [0, 0.05) is 30.9 Å². The molecular formula is C12H24N2OS. The van der Waals surface area contributed by atoms with Crippen molar-refractivity contribution in [1.29, 1.82) is 0 Å². The van der Waals surface area contributed by atoms with Crippen LogP contribution in [0.4, 0.5) is 0 Å². The van der Waals surface area contributed by atoms with E-state index in [4.69, 9.17) is 0 Å². The van der Waals surface area contributed by atoms with Gasteiger partial charge in [-0.15, -0.1) is 11.8 Å². The van der Waals surface area contributed by atoms with E-state index in [1.54, 1.807) is 11.8 Å². The number of thioether (sulfide) groups is 1. The number of carbonyl (C=O) groups is 1. The molecule has 1 N–H and O–H groups in total. The summed E-state index contributed by atoms with van der Waals surface area (Å²) < 4.78 is -0.206. The molecule has 1 saturated heterocycles. The van der Waals surface area contributed by atoms with Gasteiger partial charge in [-0.05, 0) is 13.8 Å². The summed E-state index contributed by atoms with van der Waals surface area (Å²) in [6.45, 7) is 14.1. The number of hydrogen-bond acceptors (Lipinski definition) is 3. The van der Waals surface area contributed by atoms with Gasteiger partial charge in [-0.25, -0.2) is 0 Å². The molecule has 0 aromatic rings. The Morgan fingerprint density at radius 1 is 1.12 bits per heavy atom. The number of amides is 1. The van der Waals surface area contributed by atoms with E-state index in [1.807, 2.05) is 18.7 Å². The highest BCUT2D eigenvalue weighted by Gasteiger charge is 2.36. The molecule has 0 aromatic heterocycles. The molecule has 16 heavy (non-hydrogen) atoms. The molecular weight excluding hydrogens is 220 g/mol. The summed E-state index contributed by atoms with van der Waals surface area (Å²) in [6, 6.07) is 0. The monoisotopic (exact) mass is 244 g/mol. The Bertz CT molecular complexity index is 252. The van der Waals surface area contributed by atoms with Gasteiger partial charge in [0.25, 0.3) is 0 Å². The van der Waals surface area contributed by atoms with E-state index in [-0.39, 0.29) is 15.4 Å². The van der Waals surface area contributed by atoms with Gasteiger partial charge in [-0.3, -0.25) is 4.79 Å². The van der Waals surface area contributed by atoms with Gasteiger partial charge in [0.05, 0.1) is 4.75 Å². The molecule has 1 heterocycles. The second kappa shape index (κ2) is 4.96. The zero-order valence-corrected chi connectivity index (χ0v) is 11.9. The Labute approximate surface area is 103 Å². The van der Waals surface area contributed by atoms with Gasteiger partial charge in [0.2, 0.25) is 5.91 Å². The van der Waals surface area contributed by atoms with Crippen molar-refractivity contribution in [3.8, 4) is 0 Å². The lowest BCUT2D eigenvalue weighted by atomic mass is 10.1. The van der Waals surface area contributed by atoms with Gasteiger partial charge >= 0.3 is 0 Å². The summed E-state index contributed by atoms with van der Waals surface area (Å²) >= 11 is 1.75. The van der Waals surface area contributed by atoms with Crippen molar-refractivity contribution < 1.29 is 4.79 Å². The first-order valence-electron chi connectivity index (χ1n) is 5.93. The van der Waals surface area contributed by atoms with E-state index in [2.05, 4.69) is 26.1 Å². The fraction of sp³-hybridized carbons (Fsp3) is 0.917. The van der Waals surface area contributed by atoms with Crippen LogP contribution in [0.15, 0.2) is 0 Å². The second-order valence-corrected chi connectivity index (χ2v) is 8.22. The molecule has 0 bridgehead atoms. The molecule has 0 saturated carbocycles. The molecule has 0 unspecified atom stereocenters. The van der Waals surface area contributed by atoms with E-state index in [0.717, 1.165) is 26.2 Å². The predicted octanol–water partition coefficient (Wildman–Crippen LogP) is 1.73. The molecule has 3 nitrogen and oxygen atoms in total. The minimum absolute atomic E-state index is 0.118. The highest BCUT2D eigenvalue weighted by atomic mass is 32.2. The molecule has 1 amide bonds. The van der Waals surface area contributed by atoms with Crippen molar-refractivity contribution in [2.75, 3.05) is 26.2 Å². The summed E-state index contributed by atoms with van der Waals surface area (Å²) in [5, 5.41) is 3.27. The van der Waals surface area contributed by atoms with Crippen LogP contribution in [-0.2, 0) is 4.79 Å². The van der Waals surface area contributed by atoms with Crippen LogP contribution in [0.3, 0.4) is 0 Å². The number of nitrogens with one attached hydrogen (secondary N) is 1. The average molecular weight is 244 g/mol. The van der Waals surface area contributed by atoms with Crippen LogP contribution >= 0.6 is 11.8 Å². The second-order valence-electron chi connectivity index (χ2n) is 5.77. The Hall–Kier alpha value is -0.220. The SMILES string of the molecule is CC(C)(C)SC(C)(C)C(=O)N1CCNCC1. The quantitative estimate of drug-likeness (QED) is 0.803. The Morgan fingerprint density at radius 3 is 2.06 bits per heavy atom. The van der Waals surface area contributed by atoms with Crippen LogP contribution in [0.5, 0.6) is 0 Å². The maximum Gasteiger partial charge on any atom is 0.238 e. The van der Waals surface area contributed by atoms with Gasteiger partial charge in [0.1, 0.15) is 0 Å². The van der Waals surface area contributed by atoms with Crippen LogP contribution < -0.4 is 5.32 Å². The first kappa shape index (κ1) is 13.8. The van der Waals surface area contributed by atoms with Gasteiger partial charge in [-0.1, -0.05) is 20.8 Å². The molecule has 1 aliphatic heterocycles. The van der Waals surface area contributed by atoms with Crippen molar-refractivity contribution in [1.82, 2.24) is 10.2 Å². The van der Waals surface area contributed by atoms with E-state index >= 15 is 0 Å². The van der Waals surface area contributed by atoms with Crippen molar-refractivity contribution in [3.05, 3.63) is 0 Å². The number of hydrogen-bond donors (Lipinski definition) is 1. The molecule has 4 heteroatoms. The number of rotatable bonds is 2. The van der Waals surface area contributed by atoms with Crippen molar-refractivity contribution in [3.63, 3.8) is 0 Å². The molecule has 1 aliphatic rings. The molecule has 1 fully saturated rings. The molecule has 1 rings (SSSR count). The summed E-state index contributed by atoms with van der Waals surface area (Å²) in [5.74, 6) is 0.272. The lowest BCUT2D eigenvalue weighted by Gasteiger charge is -2.37. The summed E-state index contributed by atoms with van der Waals surface area (Å²) in [4.78, 5) is 14.4. The Balaban J connectivity index is 2.63. The van der Waals surface area contributed by atoms with Gasteiger partial charge in [0.15, 0.2) is 0 Å². The highest BCUT2D eigenvalue weighted by molar-refractivity contribution is 8.02. The zero-order chi connectivity index (χ0) is 12.4. The largest absolute Gasteiger partial charge is 0.339 e. The van der Waals surface area contributed by atoms with Crippen molar-refractivity contribution in [2.24, 2.45) is 0 Å². The van der Waals surface area contributed by atoms with E-state index in [0.29, 0.717) is 0 Å². The number of carbonyl (C=O) groups excluding carboxylic acids is 1. The maximum absolute atomic E-state index is 12.4. The average Bonchev–Trinajstić information content (AvgIpc) is 2.14. The predicted molar refractivity (Wildman–Crippen MR) is 70.9 cm³/mol. The third-order valence-electron chi connectivity index (χ3n) is 2.48. The molecule has 0 aliphatic carbocycles. The Morgan fingerprint density at radius 2 is 1.62 bits per heavy atom. The van der Waals surface area contributed by atoms with Crippen LogP contribution in [0.2, 0.25) is 0 Å². The lowest BCUT2D eigenvalue weighted by molar-refractivity contribution is -0.133.